The lowest BCUT2D eigenvalue weighted by Crippen LogP contribution is -2.41. The first kappa shape index (κ1) is 23.5. The second-order valence-electron chi connectivity index (χ2n) is 5.91. The molecule has 4 nitrogen and oxygen atoms in total. The average Bonchev–Trinajstić information content (AvgIpc) is 2.50. The summed E-state index contributed by atoms with van der Waals surface area (Å²) in [4.78, 5) is 5.66. The van der Waals surface area contributed by atoms with Crippen molar-refractivity contribution < 1.29 is 13.2 Å². The van der Waals surface area contributed by atoms with Crippen molar-refractivity contribution in [1.29, 1.82) is 0 Å². The van der Waals surface area contributed by atoms with Crippen molar-refractivity contribution in [2.45, 2.75) is 38.8 Å². The zero-order valence-electron chi connectivity index (χ0n) is 14.5. The number of hydrogen-bond acceptors (Lipinski definition) is 2. The number of alkyl halides is 3. The summed E-state index contributed by atoms with van der Waals surface area (Å²) in [6.45, 7) is 3.93. The molecule has 0 aromatic carbocycles. The molecule has 8 heteroatoms. The fraction of sp³-hybridized carbons (Fsp3) is 0.812. The van der Waals surface area contributed by atoms with E-state index in [1.807, 2.05) is 13.0 Å². The van der Waals surface area contributed by atoms with Crippen LogP contribution in [0.25, 0.3) is 0 Å². The van der Waals surface area contributed by atoms with Gasteiger partial charge in [-0.2, -0.15) is 13.2 Å². The highest BCUT2D eigenvalue weighted by Gasteiger charge is 2.32. The summed E-state index contributed by atoms with van der Waals surface area (Å²) in [7, 11) is 1.74. The van der Waals surface area contributed by atoms with E-state index in [-0.39, 0.29) is 24.0 Å². The average molecular weight is 462 g/mol. The molecule has 0 radical (unpaired) electrons. The quantitative estimate of drug-likeness (QED) is 0.200. The van der Waals surface area contributed by atoms with E-state index in [0.717, 1.165) is 44.7 Å². The Morgan fingerprint density at radius 3 is 2.38 bits per heavy atom. The lowest BCUT2D eigenvalue weighted by Gasteiger charge is -2.32. The standard InChI is InChI=1S/C16H29F3N4.HI/c1-3-4-5-9-21-15(20-2)22-10-6-14-7-11-23(12-8-14)13-16(17,18)19;/h3-4,14H,5-13H2,1-2H3,(H2,20,21,22);1H/b4-3+;. The number of piperidine rings is 1. The van der Waals surface area contributed by atoms with Crippen LogP contribution in [0.15, 0.2) is 17.1 Å². The monoisotopic (exact) mass is 462 g/mol. The third kappa shape index (κ3) is 11.1. The molecular weight excluding hydrogens is 432 g/mol. The van der Waals surface area contributed by atoms with E-state index in [9.17, 15) is 13.2 Å². The predicted octanol–water partition coefficient (Wildman–Crippen LogP) is 3.40. The van der Waals surface area contributed by atoms with E-state index < -0.39 is 12.7 Å². The second kappa shape index (κ2) is 12.8. The summed E-state index contributed by atoms with van der Waals surface area (Å²) < 4.78 is 37.0. The first-order valence-corrected chi connectivity index (χ1v) is 8.29. The number of halogens is 4. The van der Waals surface area contributed by atoms with Gasteiger partial charge in [-0.3, -0.25) is 9.89 Å². The number of guanidine groups is 1. The minimum atomic E-state index is -4.08. The zero-order valence-corrected chi connectivity index (χ0v) is 16.9. The Bertz CT molecular complexity index is 378. The van der Waals surface area contributed by atoms with Crippen LogP contribution >= 0.6 is 24.0 Å². The van der Waals surface area contributed by atoms with E-state index in [1.54, 1.807) is 7.05 Å². The minimum absolute atomic E-state index is 0. The summed E-state index contributed by atoms with van der Waals surface area (Å²) in [5.41, 5.74) is 0. The highest BCUT2D eigenvalue weighted by atomic mass is 127. The predicted molar refractivity (Wildman–Crippen MR) is 104 cm³/mol. The van der Waals surface area contributed by atoms with Gasteiger partial charge in [0.1, 0.15) is 0 Å². The highest BCUT2D eigenvalue weighted by Crippen LogP contribution is 2.23. The van der Waals surface area contributed by atoms with Crippen molar-refractivity contribution in [2.24, 2.45) is 10.9 Å². The van der Waals surface area contributed by atoms with Gasteiger partial charge < -0.3 is 10.6 Å². The van der Waals surface area contributed by atoms with Crippen LogP contribution in [-0.4, -0.2) is 56.8 Å². The van der Waals surface area contributed by atoms with Gasteiger partial charge in [-0.25, -0.2) is 0 Å². The van der Waals surface area contributed by atoms with Crippen molar-refractivity contribution >= 4 is 29.9 Å². The molecule has 2 N–H and O–H groups in total. The Hall–Kier alpha value is -0.510. The van der Waals surface area contributed by atoms with Gasteiger partial charge in [-0.05, 0) is 51.6 Å². The molecule has 0 saturated carbocycles. The van der Waals surface area contributed by atoms with Gasteiger partial charge in [0.25, 0.3) is 0 Å². The number of rotatable bonds is 7. The van der Waals surface area contributed by atoms with Crippen LogP contribution in [0.5, 0.6) is 0 Å². The third-order valence-electron chi connectivity index (χ3n) is 4.02. The second-order valence-corrected chi connectivity index (χ2v) is 5.91. The third-order valence-corrected chi connectivity index (χ3v) is 4.02. The van der Waals surface area contributed by atoms with Gasteiger partial charge in [0, 0.05) is 20.1 Å². The van der Waals surface area contributed by atoms with Crippen LogP contribution < -0.4 is 10.6 Å². The molecule has 1 rings (SSSR count). The van der Waals surface area contributed by atoms with E-state index in [2.05, 4.69) is 21.7 Å². The molecule has 0 bridgehead atoms. The maximum absolute atomic E-state index is 12.3. The maximum atomic E-state index is 12.3. The Labute approximate surface area is 160 Å². The van der Waals surface area contributed by atoms with Crippen LogP contribution in [0.4, 0.5) is 13.2 Å². The smallest absolute Gasteiger partial charge is 0.356 e. The summed E-state index contributed by atoms with van der Waals surface area (Å²) in [6, 6.07) is 0. The molecule has 142 valence electrons. The number of allylic oxidation sites excluding steroid dienone is 1. The molecule has 0 unspecified atom stereocenters. The zero-order chi connectivity index (χ0) is 17.1. The Morgan fingerprint density at radius 1 is 1.21 bits per heavy atom. The van der Waals surface area contributed by atoms with Gasteiger partial charge in [-0.15, -0.1) is 24.0 Å². The Kier molecular flexibility index (Phi) is 12.5. The van der Waals surface area contributed by atoms with E-state index in [0.29, 0.717) is 19.0 Å². The lowest BCUT2D eigenvalue weighted by molar-refractivity contribution is -0.148. The molecular formula is C16H30F3IN4. The summed E-state index contributed by atoms with van der Waals surface area (Å²) in [6.07, 6.45) is 3.62. The number of likely N-dealkylation sites (tertiary alicyclic amines) is 1. The molecule has 0 aromatic rings. The molecule has 1 aliphatic heterocycles. The van der Waals surface area contributed by atoms with Crippen LogP contribution in [0.1, 0.15) is 32.6 Å². The van der Waals surface area contributed by atoms with Crippen LogP contribution in [0, 0.1) is 5.92 Å². The molecule has 1 aliphatic rings. The first-order valence-electron chi connectivity index (χ1n) is 8.29. The molecule has 0 aromatic heterocycles. The Balaban J connectivity index is 0.00000529. The number of aliphatic imine (C=N–C) groups is 1. The molecule has 0 atom stereocenters. The number of hydrogen-bond donors (Lipinski definition) is 2. The number of nitrogens with zero attached hydrogens (tertiary/aromatic N) is 2. The molecule has 0 spiro atoms. The summed E-state index contributed by atoms with van der Waals surface area (Å²) in [5.74, 6) is 1.28. The molecule has 1 saturated heterocycles. The highest BCUT2D eigenvalue weighted by molar-refractivity contribution is 14.0. The van der Waals surface area contributed by atoms with Crippen molar-refractivity contribution in [2.75, 3.05) is 39.8 Å². The van der Waals surface area contributed by atoms with Crippen molar-refractivity contribution in [3.63, 3.8) is 0 Å². The Morgan fingerprint density at radius 2 is 1.83 bits per heavy atom. The molecule has 0 amide bonds. The summed E-state index contributed by atoms with van der Waals surface area (Å²) >= 11 is 0. The van der Waals surface area contributed by atoms with Gasteiger partial charge in [0.05, 0.1) is 6.54 Å². The molecule has 1 fully saturated rings. The SMILES string of the molecule is C/C=C/CCNC(=NC)NCCC1CCN(CC(F)(F)F)CC1.I. The van der Waals surface area contributed by atoms with Crippen molar-refractivity contribution in [3.8, 4) is 0 Å². The summed E-state index contributed by atoms with van der Waals surface area (Å²) in [5, 5.41) is 6.49. The topological polar surface area (TPSA) is 39.7 Å². The molecule has 24 heavy (non-hydrogen) atoms. The lowest BCUT2D eigenvalue weighted by atomic mass is 9.93. The van der Waals surface area contributed by atoms with E-state index >= 15 is 0 Å². The van der Waals surface area contributed by atoms with Crippen LogP contribution in [0.3, 0.4) is 0 Å². The van der Waals surface area contributed by atoms with Crippen molar-refractivity contribution in [3.05, 3.63) is 12.2 Å². The molecule has 1 heterocycles. The maximum Gasteiger partial charge on any atom is 0.401 e. The van der Waals surface area contributed by atoms with Gasteiger partial charge in [0.15, 0.2) is 5.96 Å². The molecule has 0 aliphatic carbocycles. The minimum Gasteiger partial charge on any atom is -0.356 e. The van der Waals surface area contributed by atoms with Crippen molar-refractivity contribution in [1.82, 2.24) is 15.5 Å². The van der Waals surface area contributed by atoms with E-state index in [4.69, 9.17) is 0 Å². The van der Waals surface area contributed by atoms with Gasteiger partial charge in [-0.1, -0.05) is 12.2 Å². The first-order chi connectivity index (χ1) is 10.9. The van der Waals surface area contributed by atoms with E-state index in [1.165, 1.54) is 4.90 Å². The fourth-order valence-corrected chi connectivity index (χ4v) is 2.74. The van der Waals surface area contributed by atoms with Gasteiger partial charge >= 0.3 is 6.18 Å². The van der Waals surface area contributed by atoms with Crippen LogP contribution in [0.2, 0.25) is 0 Å². The van der Waals surface area contributed by atoms with Gasteiger partial charge in [0.2, 0.25) is 0 Å². The fourth-order valence-electron chi connectivity index (χ4n) is 2.74. The largest absolute Gasteiger partial charge is 0.401 e. The van der Waals surface area contributed by atoms with Crippen LogP contribution in [-0.2, 0) is 0 Å². The number of nitrogens with one attached hydrogen (secondary N) is 2. The normalized spacial score (nSPS) is 17.8.